The number of nitrogens with zero attached hydrogens (tertiary/aromatic N) is 1. The van der Waals surface area contributed by atoms with Gasteiger partial charge in [-0.25, -0.2) is 4.79 Å². The molecule has 5 aromatic rings. The summed E-state index contributed by atoms with van der Waals surface area (Å²) in [6, 6.07) is 40.0. The van der Waals surface area contributed by atoms with E-state index in [1.807, 2.05) is 110 Å². The molecule has 0 aromatic heterocycles. The highest BCUT2D eigenvalue weighted by molar-refractivity contribution is 7.99. The molecule has 206 valence electrons. The minimum Gasteiger partial charge on any atom is -0.466 e. The van der Waals surface area contributed by atoms with E-state index in [2.05, 4.69) is 23.5 Å². The van der Waals surface area contributed by atoms with Crippen LogP contribution in [0.1, 0.15) is 18.1 Å². The van der Waals surface area contributed by atoms with Crippen LogP contribution in [0, 0.1) is 0 Å². The van der Waals surface area contributed by atoms with Gasteiger partial charge in [0, 0.05) is 27.7 Å². The first-order valence-corrected chi connectivity index (χ1v) is 14.5. The van der Waals surface area contributed by atoms with Crippen molar-refractivity contribution in [2.45, 2.75) is 29.6 Å². The van der Waals surface area contributed by atoms with Gasteiger partial charge in [-0.15, -0.1) is 0 Å². The third kappa shape index (κ3) is 7.77. The number of carbonyl (C=O) groups excluding carboxylic acids is 2. The van der Waals surface area contributed by atoms with Gasteiger partial charge in [0.25, 0.3) is 0 Å². The average Bonchev–Trinajstić information content (AvgIpc) is 2.99. The largest absolute Gasteiger partial charge is 0.466 e. The molecule has 0 heterocycles. The van der Waals surface area contributed by atoms with Gasteiger partial charge in [-0.2, -0.15) is 0 Å². The second-order valence-corrected chi connectivity index (χ2v) is 10.8. The predicted molar refractivity (Wildman–Crippen MR) is 168 cm³/mol. The molecule has 5 aromatic carbocycles. The van der Waals surface area contributed by atoms with Crippen LogP contribution in [0.3, 0.4) is 0 Å². The van der Waals surface area contributed by atoms with Crippen LogP contribution in [0.25, 0.3) is 10.8 Å². The number of urea groups is 1. The number of benzene rings is 5. The maximum absolute atomic E-state index is 13.7. The summed E-state index contributed by atoms with van der Waals surface area (Å²) in [5.41, 5.74) is 3.67. The Kier molecular flexibility index (Phi) is 9.34. The highest BCUT2D eigenvalue weighted by atomic mass is 32.2. The monoisotopic (exact) mass is 560 g/mol. The van der Waals surface area contributed by atoms with Crippen LogP contribution in [0.5, 0.6) is 0 Å². The van der Waals surface area contributed by atoms with Gasteiger partial charge in [0.15, 0.2) is 0 Å². The molecule has 0 unspecified atom stereocenters. The van der Waals surface area contributed by atoms with E-state index in [0.717, 1.165) is 43.9 Å². The van der Waals surface area contributed by atoms with Crippen LogP contribution in [-0.2, 0) is 22.4 Å². The van der Waals surface area contributed by atoms with Crippen molar-refractivity contribution >= 4 is 45.9 Å². The van der Waals surface area contributed by atoms with Crippen molar-refractivity contribution in [3.63, 3.8) is 0 Å². The lowest BCUT2D eigenvalue weighted by atomic mass is 10.1. The quantitative estimate of drug-likeness (QED) is 0.174. The SMILES string of the molecule is CCOC(=O)Cc1ccc(Sc2cccc(N(CCc3ccccc3)C(=O)Nc3ccc4ccccc4c3)c2)cc1. The summed E-state index contributed by atoms with van der Waals surface area (Å²) < 4.78 is 5.05. The number of esters is 1. The number of fused-ring (bicyclic) bond motifs is 1. The fourth-order valence-electron chi connectivity index (χ4n) is 4.60. The fourth-order valence-corrected chi connectivity index (χ4v) is 5.47. The number of carbonyl (C=O) groups is 2. The van der Waals surface area contributed by atoms with Crippen molar-refractivity contribution in [3.8, 4) is 0 Å². The number of nitrogens with one attached hydrogen (secondary N) is 1. The Morgan fingerprint density at radius 1 is 0.732 bits per heavy atom. The molecule has 41 heavy (non-hydrogen) atoms. The molecule has 0 spiro atoms. The van der Waals surface area contributed by atoms with Gasteiger partial charge in [-0.05, 0) is 77.7 Å². The number of amides is 2. The number of hydrogen-bond acceptors (Lipinski definition) is 4. The van der Waals surface area contributed by atoms with Crippen LogP contribution >= 0.6 is 11.8 Å². The highest BCUT2D eigenvalue weighted by Gasteiger charge is 2.17. The summed E-state index contributed by atoms with van der Waals surface area (Å²) in [7, 11) is 0. The van der Waals surface area contributed by atoms with Gasteiger partial charge in [-0.1, -0.05) is 90.6 Å². The van der Waals surface area contributed by atoms with E-state index in [0.29, 0.717) is 13.2 Å². The van der Waals surface area contributed by atoms with E-state index in [1.54, 1.807) is 16.7 Å². The molecule has 0 radical (unpaired) electrons. The number of anilines is 2. The maximum Gasteiger partial charge on any atom is 0.326 e. The molecule has 0 bridgehead atoms. The standard InChI is InChI=1S/C35H32N2O3S/c1-2-40-34(38)23-27-15-19-32(20-16-27)41-33-14-8-13-31(25-33)37(22-21-26-9-4-3-5-10-26)35(39)36-30-18-17-28-11-6-7-12-29(28)24-30/h3-20,24-25H,2,21-23H2,1H3,(H,36,39). The van der Waals surface area contributed by atoms with Gasteiger partial charge in [0.05, 0.1) is 13.0 Å². The molecule has 5 nitrogen and oxygen atoms in total. The van der Waals surface area contributed by atoms with Gasteiger partial charge < -0.3 is 10.1 Å². The zero-order valence-corrected chi connectivity index (χ0v) is 23.8. The second-order valence-electron chi connectivity index (χ2n) is 9.60. The lowest BCUT2D eigenvalue weighted by Gasteiger charge is -2.24. The molecule has 0 fully saturated rings. The van der Waals surface area contributed by atoms with Crippen LogP contribution in [0.2, 0.25) is 0 Å². The minimum absolute atomic E-state index is 0.179. The summed E-state index contributed by atoms with van der Waals surface area (Å²) in [5.74, 6) is -0.224. The summed E-state index contributed by atoms with van der Waals surface area (Å²) in [6.07, 6.45) is 0.988. The van der Waals surface area contributed by atoms with Crippen LogP contribution in [0.4, 0.5) is 16.2 Å². The Labute approximate surface area is 245 Å². The van der Waals surface area contributed by atoms with E-state index in [9.17, 15) is 9.59 Å². The molecule has 1 N–H and O–H groups in total. The normalized spacial score (nSPS) is 10.8. The highest BCUT2D eigenvalue weighted by Crippen LogP contribution is 2.31. The van der Waals surface area contributed by atoms with Crippen molar-refractivity contribution in [2.24, 2.45) is 0 Å². The topological polar surface area (TPSA) is 58.6 Å². The molecule has 6 heteroatoms. The van der Waals surface area contributed by atoms with Crippen LogP contribution in [0.15, 0.2) is 131 Å². The molecule has 0 aliphatic carbocycles. The van der Waals surface area contributed by atoms with Crippen molar-refractivity contribution in [2.75, 3.05) is 23.4 Å². The van der Waals surface area contributed by atoms with Crippen molar-refractivity contribution < 1.29 is 14.3 Å². The summed E-state index contributed by atoms with van der Waals surface area (Å²) >= 11 is 1.61. The maximum atomic E-state index is 13.7. The first kappa shape index (κ1) is 28.0. The zero-order valence-electron chi connectivity index (χ0n) is 23.0. The summed E-state index contributed by atoms with van der Waals surface area (Å²) in [4.78, 5) is 29.3. The van der Waals surface area contributed by atoms with E-state index in [4.69, 9.17) is 4.74 Å². The Hall–Kier alpha value is -4.55. The van der Waals surface area contributed by atoms with Gasteiger partial charge in [0.2, 0.25) is 0 Å². The van der Waals surface area contributed by atoms with Crippen LogP contribution in [-0.4, -0.2) is 25.2 Å². The smallest absolute Gasteiger partial charge is 0.326 e. The Bertz CT molecular complexity index is 1620. The van der Waals surface area contributed by atoms with Crippen molar-refractivity contribution in [1.82, 2.24) is 0 Å². The molecule has 0 aliphatic heterocycles. The third-order valence-corrected chi connectivity index (χ3v) is 7.65. The Morgan fingerprint density at radius 2 is 1.49 bits per heavy atom. The van der Waals surface area contributed by atoms with Gasteiger partial charge in [0.1, 0.15) is 0 Å². The molecule has 0 atom stereocenters. The molecule has 0 saturated carbocycles. The van der Waals surface area contributed by atoms with E-state index >= 15 is 0 Å². The number of hydrogen-bond donors (Lipinski definition) is 1. The van der Waals surface area contributed by atoms with E-state index in [1.165, 1.54) is 5.56 Å². The fraction of sp³-hybridized carbons (Fsp3) is 0.143. The first-order valence-electron chi connectivity index (χ1n) is 13.7. The zero-order chi connectivity index (χ0) is 28.4. The lowest BCUT2D eigenvalue weighted by Crippen LogP contribution is -2.36. The van der Waals surface area contributed by atoms with E-state index < -0.39 is 0 Å². The lowest BCUT2D eigenvalue weighted by molar-refractivity contribution is -0.142. The van der Waals surface area contributed by atoms with Gasteiger partial charge in [-0.3, -0.25) is 9.69 Å². The van der Waals surface area contributed by atoms with E-state index in [-0.39, 0.29) is 18.4 Å². The average molecular weight is 561 g/mol. The van der Waals surface area contributed by atoms with Crippen molar-refractivity contribution in [1.29, 1.82) is 0 Å². The summed E-state index contributed by atoms with van der Waals surface area (Å²) in [5, 5.41) is 5.32. The number of ether oxygens (including phenoxy) is 1. The van der Waals surface area contributed by atoms with Crippen LogP contribution < -0.4 is 10.2 Å². The number of rotatable bonds is 10. The molecular weight excluding hydrogens is 528 g/mol. The molecule has 2 amide bonds. The molecular formula is C35H32N2O3S. The predicted octanol–water partition coefficient (Wildman–Crippen LogP) is 8.38. The minimum atomic E-state index is -0.224. The molecule has 5 rings (SSSR count). The first-order chi connectivity index (χ1) is 20.1. The van der Waals surface area contributed by atoms with Crippen molar-refractivity contribution in [3.05, 3.63) is 132 Å². The Morgan fingerprint density at radius 3 is 2.27 bits per heavy atom. The molecule has 0 aliphatic rings. The third-order valence-electron chi connectivity index (χ3n) is 6.65. The second kappa shape index (κ2) is 13.7. The van der Waals surface area contributed by atoms with Gasteiger partial charge >= 0.3 is 12.0 Å². The Balaban J connectivity index is 1.34. The molecule has 0 saturated heterocycles. The summed E-state index contributed by atoms with van der Waals surface area (Å²) in [6.45, 7) is 2.72.